The summed E-state index contributed by atoms with van der Waals surface area (Å²) >= 11 is 1.45. The van der Waals surface area contributed by atoms with Gasteiger partial charge in [0.05, 0.1) is 34.5 Å². The van der Waals surface area contributed by atoms with Crippen LogP contribution in [0.25, 0.3) is 10.2 Å². The number of nitrogens with one attached hydrogen (secondary N) is 1. The quantitative estimate of drug-likeness (QED) is 0.649. The van der Waals surface area contributed by atoms with Crippen LogP contribution in [-0.4, -0.2) is 49.3 Å². The predicted octanol–water partition coefficient (Wildman–Crippen LogP) is 3.32. The largest absolute Gasteiger partial charge is 0.449 e. The minimum absolute atomic E-state index is 0.378. The molecular formula is C21H21N3O4S. The Labute approximate surface area is 172 Å². The Hall–Kier alpha value is -2.97. The fraction of sp³-hybridized carbons (Fsp3) is 0.286. The van der Waals surface area contributed by atoms with Crippen LogP contribution < -0.4 is 10.2 Å². The first-order valence-electron chi connectivity index (χ1n) is 9.38. The van der Waals surface area contributed by atoms with Crippen molar-refractivity contribution in [1.82, 2.24) is 4.98 Å². The highest BCUT2D eigenvalue weighted by molar-refractivity contribution is 7.16. The number of fused-ring (bicyclic) bond motifs is 1. The summed E-state index contributed by atoms with van der Waals surface area (Å²) in [7, 11) is 0. The molecule has 1 fully saturated rings. The zero-order valence-corrected chi connectivity index (χ0v) is 16.8. The average molecular weight is 411 g/mol. The number of esters is 1. The Morgan fingerprint density at radius 2 is 1.93 bits per heavy atom. The number of carbonyl (C=O) groups excluding carboxylic acids is 2. The summed E-state index contributed by atoms with van der Waals surface area (Å²) in [5, 5.41) is 2.79. The zero-order chi connectivity index (χ0) is 20.2. The Balaban J connectivity index is 1.34. The highest BCUT2D eigenvalue weighted by Crippen LogP contribution is 2.21. The van der Waals surface area contributed by atoms with Crippen molar-refractivity contribution < 1.29 is 19.1 Å². The number of thiazole rings is 1. The minimum atomic E-state index is -0.918. The van der Waals surface area contributed by atoms with Gasteiger partial charge in [0.1, 0.15) is 0 Å². The van der Waals surface area contributed by atoms with E-state index in [9.17, 15) is 9.59 Å². The van der Waals surface area contributed by atoms with Crippen molar-refractivity contribution in [3.05, 3.63) is 53.5 Å². The van der Waals surface area contributed by atoms with Crippen LogP contribution >= 0.6 is 11.3 Å². The highest BCUT2D eigenvalue weighted by atomic mass is 32.1. The number of rotatable bonds is 5. The molecule has 1 aliphatic heterocycles. The number of carbonyl (C=O) groups is 2. The first kappa shape index (κ1) is 19.4. The molecule has 1 amide bonds. The van der Waals surface area contributed by atoms with Gasteiger partial charge in [0, 0.05) is 24.5 Å². The molecule has 150 valence electrons. The summed E-state index contributed by atoms with van der Waals surface area (Å²) in [4.78, 5) is 31.2. The second-order valence-corrected chi connectivity index (χ2v) is 7.60. The third-order valence-corrected chi connectivity index (χ3v) is 5.52. The molecule has 1 unspecified atom stereocenters. The van der Waals surface area contributed by atoms with Crippen LogP contribution in [0.4, 0.5) is 11.4 Å². The van der Waals surface area contributed by atoms with Gasteiger partial charge in [-0.1, -0.05) is 0 Å². The van der Waals surface area contributed by atoms with Crippen LogP contribution in [0.1, 0.15) is 17.3 Å². The molecule has 1 N–H and O–H groups in total. The average Bonchev–Trinajstić information content (AvgIpc) is 3.22. The van der Waals surface area contributed by atoms with Gasteiger partial charge in [-0.2, -0.15) is 0 Å². The van der Waals surface area contributed by atoms with Crippen molar-refractivity contribution in [3.63, 3.8) is 0 Å². The highest BCUT2D eigenvalue weighted by Gasteiger charge is 2.20. The van der Waals surface area contributed by atoms with Gasteiger partial charge in [0.2, 0.25) is 0 Å². The van der Waals surface area contributed by atoms with E-state index in [0.29, 0.717) is 11.3 Å². The number of ether oxygens (including phenoxy) is 2. The molecule has 0 spiro atoms. The fourth-order valence-corrected chi connectivity index (χ4v) is 3.80. The number of hydrogen-bond acceptors (Lipinski definition) is 7. The molecule has 3 aromatic rings. The standard InChI is InChI=1S/C21H21N3O4S/c1-14(28-21(26)15-2-7-18-19(12-15)29-13-22-18)20(25)23-16-3-5-17(6-4-16)24-8-10-27-11-9-24/h2-7,12-14H,8-11H2,1H3,(H,23,25). The lowest BCUT2D eigenvalue weighted by Crippen LogP contribution is -2.36. The van der Waals surface area contributed by atoms with Gasteiger partial charge in [-0.15, -0.1) is 11.3 Å². The number of aromatic nitrogens is 1. The summed E-state index contributed by atoms with van der Waals surface area (Å²) < 4.78 is 11.6. The Bertz CT molecular complexity index is 1010. The molecule has 1 aliphatic rings. The third-order valence-electron chi connectivity index (χ3n) is 4.73. The van der Waals surface area contributed by atoms with Crippen molar-refractivity contribution >= 4 is 44.8 Å². The molecule has 1 aromatic heterocycles. The lowest BCUT2D eigenvalue weighted by Gasteiger charge is -2.28. The smallest absolute Gasteiger partial charge is 0.338 e. The summed E-state index contributed by atoms with van der Waals surface area (Å²) in [5.41, 5.74) is 4.69. The first-order valence-corrected chi connectivity index (χ1v) is 10.3. The number of benzene rings is 2. The SMILES string of the molecule is CC(OC(=O)c1ccc2ncsc2c1)C(=O)Nc1ccc(N2CCOCC2)cc1. The third kappa shape index (κ3) is 4.55. The molecular weight excluding hydrogens is 390 g/mol. The van der Waals surface area contributed by atoms with Gasteiger partial charge in [0.15, 0.2) is 6.10 Å². The second kappa shape index (κ2) is 8.59. The number of amides is 1. The molecule has 29 heavy (non-hydrogen) atoms. The predicted molar refractivity (Wildman–Crippen MR) is 113 cm³/mol. The van der Waals surface area contributed by atoms with E-state index in [-0.39, 0.29) is 5.91 Å². The molecule has 1 atom stereocenters. The van der Waals surface area contributed by atoms with Crippen LogP contribution in [0.15, 0.2) is 48.0 Å². The van der Waals surface area contributed by atoms with Gasteiger partial charge >= 0.3 is 5.97 Å². The van der Waals surface area contributed by atoms with E-state index in [4.69, 9.17) is 9.47 Å². The maximum atomic E-state index is 12.4. The lowest BCUT2D eigenvalue weighted by atomic mass is 10.2. The second-order valence-electron chi connectivity index (χ2n) is 6.72. The monoisotopic (exact) mass is 411 g/mol. The summed E-state index contributed by atoms with van der Waals surface area (Å²) in [5.74, 6) is -0.915. The molecule has 0 saturated carbocycles. The molecule has 4 rings (SSSR count). The molecule has 2 heterocycles. The van der Waals surface area contributed by atoms with Gasteiger partial charge < -0.3 is 19.7 Å². The molecule has 2 aromatic carbocycles. The van der Waals surface area contributed by atoms with Crippen molar-refractivity contribution in [3.8, 4) is 0 Å². The van der Waals surface area contributed by atoms with Crippen molar-refractivity contribution in [1.29, 1.82) is 0 Å². The number of nitrogens with zero attached hydrogens (tertiary/aromatic N) is 2. The van der Waals surface area contributed by atoms with E-state index >= 15 is 0 Å². The Morgan fingerprint density at radius 3 is 2.69 bits per heavy atom. The molecule has 0 bridgehead atoms. The van der Waals surface area contributed by atoms with Gasteiger partial charge in [-0.25, -0.2) is 9.78 Å². The van der Waals surface area contributed by atoms with Gasteiger partial charge in [0.25, 0.3) is 5.91 Å². The number of morpholine rings is 1. The molecule has 8 heteroatoms. The Kier molecular flexibility index (Phi) is 5.73. The Morgan fingerprint density at radius 1 is 1.17 bits per heavy atom. The van der Waals surface area contributed by atoms with E-state index in [2.05, 4.69) is 15.2 Å². The summed E-state index contributed by atoms with van der Waals surface area (Å²) in [6, 6.07) is 12.8. The van der Waals surface area contributed by atoms with Crippen LogP contribution in [-0.2, 0) is 14.3 Å². The van der Waals surface area contributed by atoms with Crippen molar-refractivity contribution in [2.45, 2.75) is 13.0 Å². The zero-order valence-electron chi connectivity index (χ0n) is 16.0. The fourth-order valence-electron chi connectivity index (χ4n) is 3.09. The molecule has 0 aliphatic carbocycles. The van der Waals surface area contributed by atoms with Crippen LogP contribution in [0.3, 0.4) is 0 Å². The molecule has 0 radical (unpaired) electrons. The first-order chi connectivity index (χ1) is 14.1. The minimum Gasteiger partial charge on any atom is -0.449 e. The van der Waals surface area contributed by atoms with Gasteiger partial charge in [-0.05, 0) is 49.4 Å². The molecule has 7 nitrogen and oxygen atoms in total. The van der Waals surface area contributed by atoms with E-state index in [1.165, 1.54) is 11.3 Å². The number of anilines is 2. The van der Waals surface area contributed by atoms with E-state index < -0.39 is 12.1 Å². The maximum Gasteiger partial charge on any atom is 0.338 e. The summed E-state index contributed by atoms with van der Waals surface area (Å²) in [6.45, 7) is 4.70. The molecule has 1 saturated heterocycles. The van der Waals surface area contributed by atoms with E-state index in [1.807, 2.05) is 24.3 Å². The van der Waals surface area contributed by atoms with Gasteiger partial charge in [-0.3, -0.25) is 4.79 Å². The van der Waals surface area contributed by atoms with Crippen molar-refractivity contribution in [2.24, 2.45) is 0 Å². The van der Waals surface area contributed by atoms with E-state index in [1.54, 1.807) is 30.6 Å². The number of hydrogen-bond donors (Lipinski definition) is 1. The topological polar surface area (TPSA) is 80.8 Å². The van der Waals surface area contributed by atoms with Crippen LogP contribution in [0.2, 0.25) is 0 Å². The van der Waals surface area contributed by atoms with Crippen molar-refractivity contribution in [2.75, 3.05) is 36.5 Å². The van der Waals surface area contributed by atoms with Crippen LogP contribution in [0, 0.1) is 0 Å². The van der Waals surface area contributed by atoms with Crippen LogP contribution in [0.5, 0.6) is 0 Å². The normalized spacial score (nSPS) is 15.1. The maximum absolute atomic E-state index is 12.4. The lowest BCUT2D eigenvalue weighted by molar-refractivity contribution is -0.123. The van der Waals surface area contributed by atoms with E-state index in [0.717, 1.165) is 42.2 Å². The summed E-state index contributed by atoms with van der Waals surface area (Å²) in [6.07, 6.45) is -0.918.